The number of nitrogens with zero attached hydrogens (tertiary/aromatic N) is 1. The second-order valence-electron chi connectivity index (χ2n) is 6.75. The van der Waals surface area contributed by atoms with Gasteiger partial charge in [-0.25, -0.2) is 0 Å². The largest absolute Gasteiger partial charge is 0.348 e. The van der Waals surface area contributed by atoms with Gasteiger partial charge in [-0.1, -0.05) is 0 Å². The van der Waals surface area contributed by atoms with Crippen molar-refractivity contribution in [2.24, 2.45) is 0 Å². The minimum Gasteiger partial charge on any atom is -0.348 e. The Balaban J connectivity index is 2.20. The third-order valence-electron chi connectivity index (χ3n) is 3.69. The van der Waals surface area contributed by atoms with Crippen molar-refractivity contribution in [2.75, 3.05) is 13.2 Å². The summed E-state index contributed by atoms with van der Waals surface area (Å²) in [6, 6.07) is -0.818. The van der Waals surface area contributed by atoms with Crippen LogP contribution in [0.2, 0.25) is 0 Å². The van der Waals surface area contributed by atoms with Crippen molar-refractivity contribution in [3.63, 3.8) is 0 Å². The van der Waals surface area contributed by atoms with Gasteiger partial charge in [0.15, 0.2) is 11.6 Å². The van der Waals surface area contributed by atoms with Crippen LogP contribution in [0, 0.1) is 10.1 Å². The quantitative estimate of drug-likeness (QED) is 0.574. The SMILES string of the molecule is CC(=O)N[C@H](C[N+](=O)[O-])[C@H]1OC(C)(C)O[C@@H]1[C@H]1COC(C)(C)O1. The van der Waals surface area contributed by atoms with E-state index >= 15 is 0 Å². The van der Waals surface area contributed by atoms with Crippen LogP contribution in [0.15, 0.2) is 0 Å². The molecular weight excluding hydrogens is 308 g/mol. The lowest BCUT2D eigenvalue weighted by Gasteiger charge is -2.27. The number of hydrogen-bond donors (Lipinski definition) is 1. The molecule has 0 aromatic rings. The van der Waals surface area contributed by atoms with Gasteiger partial charge in [0, 0.05) is 11.8 Å². The van der Waals surface area contributed by atoms with Crippen LogP contribution in [0.4, 0.5) is 0 Å². The van der Waals surface area contributed by atoms with Gasteiger partial charge in [-0.3, -0.25) is 14.9 Å². The van der Waals surface area contributed by atoms with E-state index in [2.05, 4.69) is 5.32 Å². The first-order chi connectivity index (χ1) is 10.5. The van der Waals surface area contributed by atoms with Crippen molar-refractivity contribution < 1.29 is 28.7 Å². The molecule has 2 fully saturated rings. The van der Waals surface area contributed by atoms with Crippen molar-refractivity contribution in [3.8, 4) is 0 Å². The summed E-state index contributed by atoms with van der Waals surface area (Å²) in [4.78, 5) is 21.9. The Morgan fingerprint density at radius 1 is 1.26 bits per heavy atom. The molecule has 0 aromatic carbocycles. The Labute approximate surface area is 134 Å². The molecule has 0 radical (unpaired) electrons. The minimum absolute atomic E-state index is 0.291. The van der Waals surface area contributed by atoms with Crippen LogP contribution in [0.1, 0.15) is 34.6 Å². The van der Waals surface area contributed by atoms with Crippen molar-refractivity contribution >= 4 is 5.91 Å². The maximum Gasteiger partial charge on any atom is 0.226 e. The molecule has 0 saturated carbocycles. The first-order valence-corrected chi connectivity index (χ1v) is 7.55. The molecule has 23 heavy (non-hydrogen) atoms. The molecule has 2 aliphatic heterocycles. The minimum atomic E-state index is -0.932. The molecule has 0 spiro atoms. The average Bonchev–Trinajstić information content (AvgIpc) is 2.87. The highest BCUT2D eigenvalue weighted by atomic mass is 16.8. The normalized spacial score (nSPS) is 33.3. The number of nitro groups is 1. The van der Waals surface area contributed by atoms with E-state index in [1.165, 1.54) is 6.92 Å². The third kappa shape index (κ3) is 4.60. The van der Waals surface area contributed by atoms with E-state index in [1.54, 1.807) is 27.7 Å². The zero-order chi connectivity index (χ0) is 17.4. The summed E-state index contributed by atoms with van der Waals surface area (Å²) < 4.78 is 23.1. The van der Waals surface area contributed by atoms with Crippen LogP contribution in [-0.2, 0) is 23.7 Å². The molecule has 2 heterocycles. The Kier molecular flexibility index (Phi) is 4.95. The Bertz CT molecular complexity index is 464. The topological polar surface area (TPSA) is 109 Å². The van der Waals surface area contributed by atoms with Gasteiger partial charge in [-0.2, -0.15) is 0 Å². The second-order valence-corrected chi connectivity index (χ2v) is 6.75. The molecule has 4 atom stereocenters. The van der Waals surface area contributed by atoms with Gasteiger partial charge in [0.25, 0.3) is 0 Å². The van der Waals surface area contributed by atoms with Crippen LogP contribution >= 0.6 is 0 Å². The van der Waals surface area contributed by atoms with Gasteiger partial charge in [0.2, 0.25) is 12.5 Å². The van der Waals surface area contributed by atoms with Crippen LogP contribution in [0.3, 0.4) is 0 Å². The lowest BCUT2D eigenvalue weighted by Crippen LogP contribution is -2.53. The third-order valence-corrected chi connectivity index (χ3v) is 3.69. The van der Waals surface area contributed by atoms with E-state index in [0.29, 0.717) is 6.61 Å². The Hall–Kier alpha value is -1.29. The molecule has 0 aromatic heterocycles. The van der Waals surface area contributed by atoms with E-state index in [1.807, 2.05) is 0 Å². The molecule has 2 rings (SSSR count). The summed E-state index contributed by atoms with van der Waals surface area (Å²) in [6.45, 7) is 8.14. The number of hydrogen-bond acceptors (Lipinski definition) is 7. The molecule has 9 heteroatoms. The van der Waals surface area contributed by atoms with E-state index in [9.17, 15) is 14.9 Å². The lowest BCUT2D eigenvalue weighted by atomic mass is 10.0. The van der Waals surface area contributed by atoms with Gasteiger partial charge >= 0.3 is 0 Å². The fourth-order valence-electron chi connectivity index (χ4n) is 2.95. The molecule has 1 N–H and O–H groups in total. The molecular formula is C14H24N2O7. The van der Waals surface area contributed by atoms with Crippen LogP contribution in [0.25, 0.3) is 0 Å². The van der Waals surface area contributed by atoms with Crippen LogP contribution < -0.4 is 5.32 Å². The monoisotopic (exact) mass is 332 g/mol. The number of amides is 1. The predicted octanol–water partition coefficient (Wildman–Crippen LogP) is 0.439. The lowest BCUT2D eigenvalue weighted by molar-refractivity contribution is -0.485. The standard InChI is InChI=1S/C14H24N2O7/c1-8(17)15-9(6-16(18)19)11-12(23-14(4,5)22-11)10-7-20-13(2,3)21-10/h9-12H,6-7H2,1-5H3,(H,15,17)/t9-,10-,11-,12-/m1/s1. The van der Waals surface area contributed by atoms with E-state index in [-0.39, 0.29) is 5.91 Å². The van der Waals surface area contributed by atoms with Crippen molar-refractivity contribution in [2.45, 2.75) is 70.5 Å². The fraction of sp³-hybridized carbons (Fsp3) is 0.929. The number of nitrogens with one attached hydrogen (secondary N) is 1. The molecule has 2 aliphatic rings. The smallest absolute Gasteiger partial charge is 0.226 e. The second kappa shape index (κ2) is 6.31. The highest BCUT2D eigenvalue weighted by molar-refractivity contribution is 5.73. The summed E-state index contributed by atoms with van der Waals surface area (Å²) in [7, 11) is 0. The summed E-state index contributed by atoms with van der Waals surface area (Å²) in [5.74, 6) is -2.05. The van der Waals surface area contributed by atoms with E-state index < -0.39 is 47.4 Å². The van der Waals surface area contributed by atoms with Gasteiger partial charge < -0.3 is 24.3 Å². The fourth-order valence-corrected chi connectivity index (χ4v) is 2.95. The summed E-state index contributed by atoms with van der Waals surface area (Å²) in [5.41, 5.74) is 0. The number of carbonyl (C=O) groups is 1. The molecule has 0 bridgehead atoms. The van der Waals surface area contributed by atoms with Gasteiger partial charge in [0.05, 0.1) is 6.61 Å². The summed E-state index contributed by atoms with van der Waals surface area (Å²) in [5, 5.41) is 13.5. The van der Waals surface area contributed by atoms with Crippen LogP contribution in [-0.4, -0.2) is 59.9 Å². The average molecular weight is 332 g/mol. The molecule has 9 nitrogen and oxygen atoms in total. The number of rotatable bonds is 5. The Morgan fingerprint density at radius 3 is 2.39 bits per heavy atom. The van der Waals surface area contributed by atoms with E-state index in [4.69, 9.17) is 18.9 Å². The van der Waals surface area contributed by atoms with Crippen molar-refractivity contribution in [1.29, 1.82) is 0 Å². The maximum absolute atomic E-state index is 11.4. The van der Waals surface area contributed by atoms with Crippen molar-refractivity contribution in [3.05, 3.63) is 10.1 Å². The first-order valence-electron chi connectivity index (χ1n) is 7.55. The number of ether oxygens (including phenoxy) is 4. The molecule has 2 saturated heterocycles. The zero-order valence-electron chi connectivity index (χ0n) is 14.0. The summed E-state index contributed by atoms with van der Waals surface area (Å²) in [6.07, 6.45) is -1.72. The Morgan fingerprint density at radius 2 is 1.91 bits per heavy atom. The molecule has 1 amide bonds. The highest BCUT2D eigenvalue weighted by Gasteiger charge is 2.53. The summed E-state index contributed by atoms with van der Waals surface area (Å²) >= 11 is 0. The molecule has 132 valence electrons. The predicted molar refractivity (Wildman–Crippen MR) is 78.2 cm³/mol. The van der Waals surface area contributed by atoms with Gasteiger partial charge in [0.1, 0.15) is 24.4 Å². The first kappa shape index (κ1) is 18.1. The van der Waals surface area contributed by atoms with Gasteiger partial charge in [-0.05, 0) is 27.7 Å². The van der Waals surface area contributed by atoms with Crippen molar-refractivity contribution in [1.82, 2.24) is 5.32 Å². The molecule has 0 aliphatic carbocycles. The molecule has 0 unspecified atom stereocenters. The number of carbonyl (C=O) groups excluding carboxylic acids is 1. The maximum atomic E-state index is 11.4. The highest BCUT2D eigenvalue weighted by Crippen LogP contribution is 2.36. The van der Waals surface area contributed by atoms with Gasteiger partial charge in [-0.15, -0.1) is 0 Å². The zero-order valence-corrected chi connectivity index (χ0v) is 14.0. The van der Waals surface area contributed by atoms with Crippen LogP contribution in [0.5, 0.6) is 0 Å². The van der Waals surface area contributed by atoms with E-state index in [0.717, 1.165) is 0 Å².